The topological polar surface area (TPSA) is 51.3 Å². The van der Waals surface area contributed by atoms with E-state index in [-0.39, 0.29) is 5.69 Å². The second-order valence-corrected chi connectivity index (χ2v) is 4.83. The molecule has 1 unspecified atom stereocenters. The van der Waals surface area contributed by atoms with E-state index in [2.05, 4.69) is 24.3 Å². The summed E-state index contributed by atoms with van der Waals surface area (Å²) in [6, 6.07) is 5.91. The van der Waals surface area contributed by atoms with Crippen LogP contribution in [0, 0.1) is 0 Å². The molecule has 0 saturated heterocycles. The minimum Gasteiger partial charge on any atom is -0.312 e. The van der Waals surface area contributed by atoms with Gasteiger partial charge in [-0.25, -0.2) is 9.48 Å². The molecule has 0 bridgehead atoms. The summed E-state index contributed by atoms with van der Waals surface area (Å²) in [7, 11) is 0. The molecule has 0 aromatic carbocycles. The summed E-state index contributed by atoms with van der Waals surface area (Å²) < 4.78 is 3.15. The lowest BCUT2D eigenvalue weighted by atomic mass is 10.1. The average Bonchev–Trinajstić information content (AvgIpc) is 2.74. The van der Waals surface area contributed by atoms with Gasteiger partial charge in [0.15, 0.2) is 5.65 Å². The molecular weight excluding hydrogens is 240 g/mol. The second kappa shape index (κ2) is 6.52. The Bertz CT molecular complexity index is 572. The summed E-state index contributed by atoms with van der Waals surface area (Å²) in [6.45, 7) is 5.92. The number of aromatic nitrogens is 3. The van der Waals surface area contributed by atoms with Gasteiger partial charge in [0.05, 0.1) is 6.54 Å². The van der Waals surface area contributed by atoms with Crippen LogP contribution in [0.25, 0.3) is 5.65 Å². The fourth-order valence-electron chi connectivity index (χ4n) is 2.25. The van der Waals surface area contributed by atoms with Gasteiger partial charge in [0, 0.05) is 12.2 Å². The number of hydrogen-bond donors (Lipinski definition) is 1. The lowest BCUT2D eigenvalue weighted by Gasteiger charge is -2.16. The standard InChI is InChI=1S/C14H22N4O/c1-3-7-12(15-9-4-2)11-18-14(19)17-10-6-5-8-13(17)16-18/h5-6,8,10,12,15H,3-4,7,9,11H2,1-2H3. The van der Waals surface area contributed by atoms with Crippen LogP contribution in [0.2, 0.25) is 0 Å². The van der Waals surface area contributed by atoms with Gasteiger partial charge in [-0.3, -0.25) is 4.40 Å². The van der Waals surface area contributed by atoms with Gasteiger partial charge < -0.3 is 5.32 Å². The van der Waals surface area contributed by atoms with E-state index in [0.29, 0.717) is 18.2 Å². The Morgan fingerprint density at radius 3 is 2.84 bits per heavy atom. The molecule has 104 valence electrons. The highest BCUT2D eigenvalue weighted by Crippen LogP contribution is 2.01. The molecule has 19 heavy (non-hydrogen) atoms. The first kappa shape index (κ1) is 13.8. The van der Waals surface area contributed by atoms with Crippen molar-refractivity contribution in [3.63, 3.8) is 0 Å². The summed E-state index contributed by atoms with van der Waals surface area (Å²) in [5, 5.41) is 7.85. The maximum absolute atomic E-state index is 12.2. The average molecular weight is 262 g/mol. The number of fused-ring (bicyclic) bond motifs is 1. The fourth-order valence-corrected chi connectivity index (χ4v) is 2.25. The predicted octanol–water partition coefficient (Wildman–Crippen LogP) is 1.66. The van der Waals surface area contributed by atoms with Gasteiger partial charge in [0.2, 0.25) is 0 Å². The maximum Gasteiger partial charge on any atom is 0.350 e. The highest BCUT2D eigenvalue weighted by Gasteiger charge is 2.12. The van der Waals surface area contributed by atoms with Gasteiger partial charge >= 0.3 is 5.69 Å². The highest BCUT2D eigenvalue weighted by atomic mass is 16.2. The molecule has 5 nitrogen and oxygen atoms in total. The van der Waals surface area contributed by atoms with Gasteiger partial charge in [0.25, 0.3) is 0 Å². The number of nitrogens with zero attached hydrogens (tertiary/aromatic N) is 3. The van der Waals surface area contributed by atoms with E-state index in [0.717, 1.165) is 25.8 Å². The number of hydrogen-bond acceptors (Lipinski definition) is 3. The van der Waals surface area contributed by atoms with Crippen LogP contribution in [0.5, 0.6) is 0 Å². The maximum atomic E-state index is 12.2. The van der Waals surface area contributed by atoms with Crippen LogP contribution in [-0.2, 0) is 6.54 Å². The summed E-state index contributed by atoms with van der Waals surface area (Å²) in [5.41, 5.74) is 0.647. The zero-order valence-corrected chi connectivity index (χ0v) is 11.7. The van der Waals surface area contributed by atoms with Crippen molar-refractivity contribution >= 4 is 5.65 Å². The van der Waals surface area contributed by atoms with Gasteiger partial charge in [-0.15, -0.1) is 5.10 Å². The third kappa shape index (κ3) is 3.23. The van der Waals surface area contributed by atoms with E-state index in [4.69, 9.17) is 0 Å². The summed E-state index contributed by atoms with van der Waals surface area (Å²) >= 11 is 0. The molecule has 0 aliphatic carbocycles. The van der Waals surface area contributed by atoms with E-state index >= 15 is 0 Å². The van der Waals surface area contributed by atoms with E-state index in [1.165, 1.54) is 0 Å². The first-order valence-electron chi connectivity index (χ1n) is 7.03. The zero-order valence-electron chi connectivity index (χ0n) is 11.7. The molecular formula is C14H22N4O. The first-order chi connectivity index (χ1) is 9.26. The minimum atomic E-state index is -0.0602. The lowest BCUT2D eigenvalue weighted by molar-refractivity contribution is 0.396. The van der Waals surface area contributed by atoms with Crippen molar-refractivity contribution < 1.29 is 0 Å². The van der Waals surface area contributed by atoms with Gasteiger partial charge in [0.1, 0.15) is 0 Å². The monoisotopic (exact) mass is 262 g/mol. The van der Waals surface area contributed by atoms with Crippen molar-refractivity contribution in [3.8, 4) is 0 Å². The van der Waals surface area contributed by atoms with Crippen molar-refractivity contribution in [1.29, 1.82) is 0 Å². The van der Waals surface area contributed by atoms with Crippen LogP contribution in [0.15, 0.2) is 29.2 Å². The molecule has 2 rings (SSSR count). The van der Waals surface area contributed by atoms with E-state index in [1.54, 1.807) is 15.3 Å². The van der Waals surface area contributed by atoms with E-state index < -0.39 is 0 Å². The molecule has 0 aliphatic rings. The molecule has 2 aromatic rings. The van der Waals surface area contributed by atoms with E-state index in [1.807, 2.05) is 18.2 Å². The van der Waals surface area contributed by atoms with Crippen molar-refractivity contribution in [2.75, 3.05) is 6.54 Å². The number of rotatable bonds is 7. The zero-order chi connectivity index (χ0) is 13.7. The van der Waals surface area contributed by atoms with Gasteiger partial charge in [-0.2, -0.15) is 0 Å². The first-order valence-corrected chi connectivity index (χ1v) is 7.03. The molecule has 0 spiro atoms. The third-order valence-electron chi connectivity index (χ3n) is 3.20. The predicted molar refractivity (Wildman–Crippen MR) is 76.4 cm³/mol. The largest absolute Gasteiger partial charge is 0.350 e. The Kier molecular flexibility index (Phi) is 4.74. The van der Waals surface area contributed by atoms with E-state index in [9.17, 15) is 4.79 Å². The number of nitrogens with one attached hydrogen (secondary N) is 1. The molecule has 1 N–H and O–H groups in total. The number of pyridine rings is 1. The Labute approximate surface area is 113 Å². The molecule has 2 heterocycles. The van der Waals surface area contributed by atoms with Crippen LogP contribution >= 0.6 is 0 Å². The van der Waals surface area contributed by atoms with Gasteiger partial charge in [-0.05, 0) is 31.5 Å². The lowest BCUT2D eigenvalue weighted by Crippen LogP contribution is -2.37. The van der Waals surface area contributed by atoms with Crippen LogP contribution < -0.4 is 11.0 Å². The van der Waals surface area contributed by atoms with Crippen LogP contribution in [-0.4, -0.2) is 26.8 Å². The summed E-state index contributed by atoms with van der Waals surface area (Å²) in [5.74, 6) is 0. The molecule has 2 aromatic heterocycles. The summed E-state index contributed by atoms with van der Waals surface area (Å²) in [6.07, 6.45) is 5.01. The normalized spacial score (nSPS) is 12.9. The molecule has 0 aliphatic heterocycles. The Balaban J connectivity index is 2.18. The molecule has 1 atom stereocenters. The SMILES string of the molecule is CCCNC(CCC)Cn1nc2ccccn2c1=O. The van der Waals surface area contributed by atoms with Crippen molar-refractivity contribution in [1.82, 2.24) is 19.5 Å². The molecule has 5 heteroatoms. The Hall–Kier alpha value is -1.62. The van der Waals surface area contributed by atoms with Crippen molar-refractivity contribution in [3.05, 3.63) is 34.9 Å². The smallest absolute Gasteiger partial charge is 0.312 e. The minimum absolute atomic E-state index is 0.0602. The molecule has 0 saturated carbocycles. The second-order valence-electron chi connectivity index (χ2n) is 4.83. The van der Waals surface area contributed by atoms with Crippen molar-refractivity contribution in [2.24, 2.45) is 0 Å². The van der Waals surface area contributed by atoms with Crippen LogP contribution in [0.3, 0.4) is 0 Å². The highest BCUT2D eigenvalue weighted by molar-refractivity contribution is 5.35. The molecule has 0 fully saturated rings. The molecule has 0 radical (unpaired) electrons. The quantitative estimate of drug-likeness (QED) is 0.825. The third-order valence-corrected chi connectivity index (χ3v) is 3.20. The Morgan fingerprint density at radius 2 is 2.16 bits per heavy atom. The van der Waals surface area contributed by atoms with Crippen LogP contribution in [0.1, 0.15) is 33.1 Å². The van der Waals surface area contributed by atoms with Crippen molar-refractivity contribution in [2.45, 2.75) is 45.7 Å². The fraction of sp³-hybridized carbons (Fsp3) is 0.571. The van der Waals surface area contributed by atoms with Gasteiger partial charge in [-0.1, -0.05) is 26.3 Å². The Morgan fingerprint density at radius 1 is 1.32 bits per heavy atom. The molecule has 0 amide bonds. The van der Waals surface area contributed by atoms with Crippen LogP contribution in [0.4, 0.5) is 0 Å². The summed E-state index contributed by atoms with van der Waals surface area (Å²) in [4.78, 5) is 12.2.